The van der Waals surface area contributed by atoms with Crippen LogP contribution in [0.3, 0.4) is 0 Å². The Labute approximate surface area is 119 Å². The number of carbonyl (C=O) groups excluding carboxylic acids is 2. The van der Waals surface area contributed by atoms with Gasteiger partial charge in [0.1, 0.15) is 5.75 Å². The molecule has 0 atom stereocenters. The number of fused-ring (bicyclic) bond motifs is 1. The summed E-state index contributed by atoms with van der Waals surface area (Å²) < 4.78 is 5.18. The maximum absolute atomic E-state index is 11.5. The summed E-state index contributed by atoms with van der Waals surface area (Å²) in [6, 6.07) is 11.6. The minimum Gasteiger partial charge on any atom is -0.497 e. The predicted molar refractivity (Wildman–Crippen MR) is 79.6 cm³/mol. The van der Waals surface area contributed by atoms with Crippen LogP contribution in [-0.2, 0) is 4.79 Å². The molecule has 0 aromatic heterocycles. The Morgan fingerprint density at radius 3 is 2.55 bits per heavy atom. The second-order valence-corrected chi connectivity index (χ2v) is 5.34. The number of methoxy groups -OCH3 is 1. The van der Waals surface area contributed by atoms with E-state index in [-0.39, 0.29) is 11.1 Å². The Hall–Kier alpha value is -2.27. The van der Waals surface area contributed by atoms with Crippen molar-refractivity contribution in [3.05, 3.63) is 46.9 Å². The Morgan fingerprint density at radius 1 is 1.10 bits per heavy atom. The summed E-state index contributed by atoms with van der Waals surface area (Å²) >= 11 is 0.921. The molecule has 1 N–H and O–H groups in total. The number of benzene rings is 2. The monoisotopic (exact) mass is 285 g/mol. The van der Waals surface area contributed by atoms with Gasteiger partial charge in [-0.3, -0.25) is 14.9 Å². The summed E-state index contributed by atoms with van der Waals surface area (Å²) in [5.74, 6) is 0.467. The van der Waals surface area contributed by atoms with Crippen LogP contribution in [0.1, 0.15) is 5.56 Å². The average molecular weight is 285 g/mol. The average Bonchev–Trinajstić information content (AvgIpc) is 2.76. The highest BCUT2D eigenvalue weighted by atomic mass is 32.2. The number of imide groups is 1. The van der Waals surface area contributed by atoms with Gasteiger partial charge in [0.2, 0.25) is 0 Å². The van der Waals surface area contributed by atoms with Crippen LogP contribution in [-0.4, -0.2) is 18.3 Å². The first kappa shape index (κ1) is 12.7. The lowest BCUT2D eigenvalue weighted by Gasteiger charge is -2.03. The number of hydrogen-bond acceptors (Lipinski definition) is 4. The van der Waals surface area contributed by atoms with Crippen LogP contribution in [0.5, 0.6) is 5.75 Å². The standard InChI is InChI=1S/C15H11NO3S/c1-19-12-5-4-10-6-9(2-3-11(10)8-12)7-13-14(17)16-15(18)20-13/h2-8H,1H3,(H,16,17,18). The molecule has 3 rings (SSSR count). The number of amides is 2. The van der Waals surface area contributed by atoms with Crippen molar-refractivity contribution >= 4 is 39.8 Å². The Kier molecular flexibility index (Phi) is 3.20. The number of thioether (sulfide) groups is 1. The molecule has 1 saturated heterocycles. The van der Waals surface area contributed by atoms with Crippen molar-refractivity contribution in [1.82, 2.24) is 5.32 Å². The second kappa shape index (κ2) is 5.02. The van der Waals surface area contributed by atoms with Crippen molar-refractivity contribution in [3.63, 3.8) is 0 Å². The van der Waals surface area contributed by atoms with Crippen molar-refractivity contribution in [2.75, 3.05) is 7.11 Å². The van der Waals surface area contributed by atoms with Crippen LogP contribution in [0.4, 0.5) is 4.79 Å². The van der Waals surface area contributed by atoms with E-state index in [4.69, 9.17) is 4.74 Å². The highest BCUT2D eigenvalue weighted by Crippen LogP contribution is 2.27. The fraction of sp³-hybridized carbons (Fsp3) is 0.0667. The van der Waals surface area contributed by atoms with Gasteiger partial charge in [0.25, 0.3) is 11.1 Å². The first-order chi connectivity index (χ1) is 9.65. The molecular weight excluding hydrogens is 274 g/mol. The van der Waals surface area contributed by atoms with E-state index in [2.05, 4.69) is 5.32 Å². The molecule has 2 amide bonds. The molecule has 2 aromatic carbocycles. The van der Waals surface area contributed by atoms with Gasteiger partial charge in [-0.15, -0.1) is 0 Å². The van der Waals surface area contributed by atoms with Crippen molar-refractivity contribution < 1.29 is 14.3 Å². The van der Waals surface area contributed by atoms with Crippen LogP contribution in [0.15, 0.2) is 41.3 Å². The van der Waals surface area contributed by atoms with Gasteiger partial charge in [0.05, 0.1) is 12.0 Å². The van der Waals surface area contributed by atoms with Crippen molar-refractivity contribution in [2.24, 2.45) is 0 Å². The zero-order chi connectivity index (χ0) is 14.1. The van der Waals surface area contributed by atoms with Gasteiger partial charge in [-0.1, -0.05) is 18.2 Å². The van der Waals surface area contributed by atoms with E-state index in [1.807, 2.05) is 36.4 Å². The van der Waals surface area contributed by atoms with Crippen molar-refractivity contribution in [1.29, 1.82) is 0 Å². The topological polar surface area (TPSA) is 55.4 Å². The lowest BCUT2D eigenvalue weighted by atomic mass is 10.1. The van der Waals surface area contributed by atoms with Crippen LogP contribution < -0.4 is 10.1 Å². The number of hydrogen-bond donors (Lipinski definition) is 1. The van der Waals surface area contributed by atoms with Gasteiger partial charge in [0, 0.05) is 0 Å². The van der Waals surface area contributed by atoms with Crippen molar-refractivity contribution in [2.45, 2.75) is 0 Å². The molecule has 0 radical (unpaired) electrons. The molecule has 0 saturated carbocycles. The second-order valence-electron chi connectivity index (χ2n) is 4.32. The Balaban J connectivity index is 1.99. The Morgan fingerprint density at radius 2 is 1.85 bits per heavy atom. The van der Waals surface area contributed by atoms with Crippen LogP contribution in [0.2, 0.25) is 0 Å². The smallest absolute Gasteiger partial charge is 0.290 e. The van der Waals surface area contributed by atoms with E-state index < -0.39 is 0 Å². The molecule has 1 heterocycles. The minimum atomic E-state index is -0.338. The van der Waals surface area contributed by atoms with Crippen molar-refractivity contribution in [3.8, 4) is 5.75 Å². The lowest BCUT2D eigenvalue weighted by molar-refractivity contribution is -0.115. The molecule has 100 valence electrons. The number of ether oxygens (including phenoxy) is 1. The molecule has 1 aliphatic heterocycles. The predicted octanol–water partition coefficient (Wildman–Crippen LogP) is 3.17. The number of carbonyl (C=O) groups is 2. The largest absolute Gasteiger partial charge is 0.497 e. The first-order valence-electron chi connectivity index (χ1n) is 5.98. The zero-order valence-corrected chi connectivity index (χ0v) is 11.5. The van der Waals surface area contributed by atoms with E-state index in [0.29, 0.717) is 4.91 Å². The van der Waals surface area contributed by atoms with Crippen LogP contribution >= 0.6 is 11.8 Å². The summed E-state index contributed by atoms with van der Waals surface area (Å²) in [4.78, 5) is 23.0. The summed E-state index contributed by atoms with van der Waals surface area (Å²) in [5.41, 5.74) is 0.884. The maximum atomic E-state index is 11.5. The lowest BCUT2D eigenvalue weighted by Crippen LogP contribution is -2.17. The van der Waals surface area contributed by atoms with E-state index in [0.717, 1.165) is 33.8 Å². The molecule has 0 aliphatic carbocycles. The molecular formula is C15H11NO3S. The zero-order valence-electron chi connectivity index (χ0n) is 10.7. The normalized spacial score (nSPS) is 16.8. The van der Waals surface area contributed by atoms with Gasteiger partial charge in [-0.25, -0.2) is 0 Å². The molecule has 0 bridgehead atoms. The number of rotatable bonds is 2. The van der Waals surface area contributed by atoms with E-state index >= 15 is 0 Å². The summed E-state index contributed by atoms with van der Waals surface area (Å²) in [7, 11) is 1.63. The summed E-state index contributed by atoms with van der Waals surface area (Å²) in [6.07, 6.45) is 1.72. The van der Waals surface area contributed by atoms with E-state index in [1.165, 1.54) is 0 Å². The number of nitrogens with one attached hydrogen (secondary N) is 1. The highest BCUT2D eigenvalue weighted by Gasteiger charge is 2.24. The fourth-order valence-corrected chi connectivity index (χ4v) is 2.71. The van der Waals surface area contributed by atoms with Gasteiger partial charge in [-0.2, -0.15) is 0 Å². The molecule has 4 nitrogen and oxygen atoms in total. The quantitative estimate of drug-likeness (QED) is 0.861. The van der Waals surface area contributed by atoms with E-state index in [1.54, 1.807) is 13.2 Å². The van der Waals surface area contributed by atoms with Crippen LogP contribution in [0, 0.1) is 0 Å². The third kappa shape index (κ3) is 2.40. The molecule has 1 fully saturated rings. The summed E-state index contributed by atoms with van der Waals surface area (Å²) in [6.45, 7) is 0. The van der Waals surface area contributed by atoms with Gasteiger partial charge < -0.3 is 4.74 Å². The minimum absolute atomic E-state index is 0.327. The fourth-order valence-electron chi connectivity index (χ4n) is 2.03. The van der Waals surface area contributed by atoms with Crippen LogP contribution in [0.25, 0.3) is 16.8 Å². The molecule has 2 aromatic rings. The third-order valence-corrected chi connectivity index (χ3v) is 3.82. The molecule has 0 spiro atoms. The summed E-state index contributed by atoms with van der Waals surface area (Å²) in [5, 5.41) is 4.02. The molecule has 1 aliphatic rings. The first-order valence-corrected chi connectivity index (χ1v) is 6.80. The van der Waals surface area contributed by atoms with Gasteiger partial charge in [-0.05, 0) is 52.4 Å². The molecule has 20 heavy (non-hydrogen) atoms. The van der Waals surface area contributed by atoms with Gasteiger partial charge in [0.15, 0.2) is 0 Å². The Bertz CT molecular complexity index is 752. The van der Waals surface area contributed by atoms with E-state index in [9.17, 15) is 9.59 Å². The molecule has 0 unspecified atom stereocenters. The van der Waals surface area contributed by atoms with Gasteiger partial charge >= 0.3 is 0 Å². The molecule has 5 heteroatoms. The SMILES string of the molecule is COc1ccc2cc(C=C3SC(=O)NC3=O)ccc2c1. The maximum Gasteiger partial charge on any atom is 0.290 e. The highest BCUT2D eigenvalue weighted by molar-refractivity contribution is 8.18. The third-order valence-electron chi connectivity index (χ3n) is 3.01.